The van der Waals surface area contributed by atoms with Gasteiger partial charge in [-0.15, -0.1) is 24.0 Å². The van der Waals surface area contributed by atoms with Gasteiger partial charge in [0.05, 0.1) is 10.6 Å². The zero-order valence-electron chi connectivity index (χ0n) is 14.5. The van der Waals surface area contributed by atoms with Crippen LogP contribution in [0.15, 0.2) is 64.5 Å². The zero-order valence-corrected chi connectivity index (χ0v) is 17.6. The molecule has 0 spiro atoms. The average Bonchev–Trinajstić information content (AvgIpc) is 2.63. The number of nitrogens with zero attached hydrogens (tertiary/aromatic N) is 1. The Bertz CT molecular complexity index is 797. The second-order valence-electron chi connectivity index (χ2n) is 5.46. The molecule has 2 aromatic rings. The highest BCUT2D eigenvalue weighted by atomic mass is 127. The molecule has 2 N–H and O–H groups in total. The van der Waals surface area contributed by atoms with Gasteiger partial charge in [-0.3, -0.25) is 4.99 Å². The molecule has 0 aliphatic rings. The van der Waals surface area contributed by atoms with Crippen LogP contribution in [-0.4, -0.2) is 33.7 Å². The number of hydrogen-bond donors (Lipinski definition) is 2. The van der Waals surface area contributed by atoms with Gasteiger partial charge in [0.25, 0.3) is 0 Å². The molecule has 142 valence electrons. The van der Waals surface area contributed by atoms with Gasteiger partial charge in [-0.1, -0.05) is 30.3 Å². The van der Waals surface area contributed by atoms with Gasteiger partial charge >= 0.3 is 0 Å². The maximum atomic E-state index is 12.9. The number of rotatable bonds is 7. The first-order valence-electron chi connectivity index (χ1n) is 7.98. The van der Waals surface area contributed by atoms with Crippen molar-refractivity contribution in [1.29, 1.82) is 0 Å². The molecule has 0 bridgehead atoms. The summed E-state index contributed by atoms with van der Waals surface area (Å²) in [5.74, 6) is 0.367. The lowest BCUT2D eigenvalue weighted by molar-refractivity contribution is 0.592. The predicted molar refractivity (Wildman–Crippen MR) is 113 cm³/mol. The third-order valence-corrected chi connectivity index (χ3v) is 5.40. The first kappa shape index (κ1) is 22.4. The van der Waals surface area contributed by atoms with E-state index >= 15 is 0 Å². The Morgan fingerprint density at radius 1 is 1.04 bits per heavy atom. The molecule has 0 unspecified atom stereocenters. The van der Waals surface area contributed by atoms with Crippen molar-refractivity contribution < 1.29 is 12.8 Å². The maximum absolute atomic E-state index is 12.9. The molecule has 0 heterocycles. The number of halogens is 2. The van der Waals surface area contributed by atoms with Crippen molar-refractivity contribution in [3.05, 3.63) is 66.0 Å². The van der Waals surface area contributed by atoms with Crippen LogP contribution in [0.3, 0.4) is 0 Å². The molecule has 0 saturated heterocycles. The van der Waals surface area contributed by atoms with E-state index in [-0.39, 0.29) is 35.5 Å². The van der Waals surface area contributed by atoms with Gasteiger partial charge in [-0.2, -0.15) is 0 Å². The van der Waals surface area contributed by atoms with Crippen molar-refractivity contribution in [2.45, 2.75) is 17.9 Å². The number of guanidine groups is 1. The monoisotopic (exact) mass is 491 g/mol. The van der Waals surface area contributed by atoms with Crippen LogP contribution in [-0.2, 0) is 16.4 Å². The normalized spacial score (nSPS) is 11.5. The molecular formula is C18H23FIN3O2S. The number of benzene rings is 2. The van der Waals surface area contributed by atoms with Crippen molar-refractivity contribution in [2.75, 3.05) is 19.3 Å². The van der Waals surface area contributed by atoms with Gasteiger partial charge in [0.1, 0.15) is 5.82 Å². The van der Waals surface area contributed by atoms with Crippen molar-refractivity contribution in [1.82, 2.24) is 10.6 Å². The fraction of sp³-hybridized carbons (Fsp3) is 0.278. The summed E-state index contributed by atoms with van der Waals surface area (Å²) in [6, 6.07) is 14.6. The van der Waals surface area contributed by atoms with Crippen molar-refractivity contribution in [2.24, 2.45) is 4.99 Å². The van der Waals surface area contributed by atoms with E-state index in [1.807, 2.05) is 0 Å². The molecule has 0 atom stereocenters. The summed E-state index contributed by atoms with van der Waals surface area (Å²) in [5, 5.41) is 6.18. The molecule has 0 aliphatic carbocycles. The predicted octanol–water partition coefficient (Wildman–Crippen LogP) is 2.97. The quantitative estimate of drug-likeness (QED) is 0.271. The Morgan fingerprint density at radius 2 is 1.69 bits per heavy atom. The summed E-state index contributed by atoms with van der Waals surface area (Å²) < 4.78 is 37.2. The number of aliphatic imine (C=N–C) groups is 1. The molecule has 0 radical (unpaired) electrons. The van der Waals surface area contributed by atoms with Crippen LogP contribution in [0, 0.1) is 5.82 Å². The average molecular weight is 491 g/mol. The molecule has 0 fully saturated rings. The van der Waals surface area contributed by atoms with E-state index in [1.165, 1.54) is 12.1 Å². The summed E-state index contributed by atoms with van der Waals surface area (Å²) in [4.78, 5) is 4.43. The van der Waals surface area contributed by atoms with Crippen LogP contribution in [0.1, 0.15) is 12.0 Å². The third-order valence-electron chi connectivity index (χ3n) is 3.58. The highest BCUT2D eigenvalue weighted by Crippen LogP contribution is 2.10. The summed E-state index contributed by atoms with van der Waals surface area (Å²) in [7, 11) is -1.62. The van der Waals surface area contributed by atoms with Gasteiger partial charge in [0, 0.05) is 20.1 Å². The first-order chi connectivity index (χ1) is 12.0. The number of sulfone groups is 1. The lowest BCUT2D eigenvalue weighted by Gasteiger charge is -2.12. The molecular weight excluding hydrogens is 468 g/mol. The molecule has 2 rings (SSSR count). The molecule has 2 aromatic carbocycles. The fourth-order valence-corrected chi connectivity index (χ4v) is 3.56. The third kappa shape index (κ3) is 7.28. The second kappa shape index (κ2) is 11.1. The van der Waals surface area contributed by atoms with Gasteiger partial charge in [-0.25, -0.2) is 12.8 Å². The highest BCUT2D eigenvalue weighted by Gasteiger charge is 2.13. The van der Waals surface area contributed by atoms with E-state index in [0.29, 0.717) is 30.4 Å². The molecule has 5 nitrogen and oxygen atoms in total. The van der Waals surface area contributed by atoms with Crippen molar-refractivity contribution in [3.63, 3.8) is 0 Å². The minimum absolute atomic E-state index is 0. The highest BCUT2D eigenvalue weighted by molar-refractivity contribution is 14.0. The summed E-state index contributed by atoms with van der Waals surface area (Å²) in [6.45, 7) is 0.984. The number of hydrogen-bond acceptors (Lipinski definition) is 3. The Balaban J connectivity index is 0.00000338. The minimum atomic E-state index is -3.26. The van der Waals surface area contributed by atoms with Gasteiger partial charge in [-0.05, 0) is 36.2 Å². The molecule has 0 aliphatic heterocycles. The van der Waals surface area contributed by atoms with Crippen molar-refractivity contribution in [3.8, 4) is 0 Å². The Labute approximate surface area is 171 Å². The fourth-order valence-electron chi connectivity index (χ4n) is 2.22. The lowest BCUT2D eigenvalue weighted by atomic mass is 10.2. The SMILES string of the molecule is CN=C(NCCCS(=O)(=O)c1ccccc1)NCc1ccc(F)cc1.I. The van der Waals surface area contributed by atoms with Gasteiger partial charge in [0.15, 0.2) is 15.8 Å². The standard InChI is InChI=1S/C18H22FN3O2S.HI/c1-20-18(22-14-15-8-10-16(19)11-9-15)21-12-5-13-25(23,24)17-6-3-2-4-7-17;/h2-4,6-11H,5,12-14H2,1H3,(H2,20,21,22);1H. The van der Waals surface area contributed by atoms with Crippen LogP contribution < -0.4 is 10.6 Å². The molecule has 8 heteroatoms. The van der Waals surface area contributed by atoms with Gasteiger partial charge in [0.2, 0.25) is 0 Å². The van der Waals surface area contributed by atoms with E-state index in [2.05, 4.69) is 15.6 Å². The Morgan fingerprint density at radius 3 is 2.31 bits per heavy atom. The summed E-state index contributed by atoms with van der Waals surface area (Å²) >= 11 is 0. The zero-order chi connectivity index (χ0) is 18.1. The second-order valence-corrected chi connectivity index (χ2v) is 7.57. The first-order valence-corrected chi connectivity index (χ1v) is 9.63. The van der Waals surface area contributed by atoms with Crippen LogP contribution in [0.2, 0.25) is 0 Å². The molecule has 0 amide bonds. The molecule has 26 heavy (non-hydrogen) atoms. The smallest absolute Gasteiger partial charge is 0.191 e. The maximum Gasteiger partial charge on any atom is 0.191 e. The topological polar surface area (TPSA) is 70.6 Å². The van der Waals surface area contributed by atoms with E-state index in [1.54, 1.807) is 49.5 Å². The van der Waals surface area contributed by atoms with Crippen molar-refractivity contribution >= 4 is 39.8 Å². The molecule has 0 saturated carbocycles. The lowest BCUT2D eigenvalue weighted by Crippen LogP contribution is -2.37. The summed E-state index contributed by atoms with van der Waals surface area (Å²) in [6.07, 6.45) is 0.467. The Hall–Kier alpha value is -1.68. The van der Waals surface area contributed by atoms with E-state index in [4.69, 9.17) is 0 Å². The molecule has 0 aromatic heterocycles. The minimum Gasteiger partial charge on any atom is -0.356 e. The van der Waals surface area contributed by atoms with E-state index < -0.39 is 9.84 Å². The van der Waals surface area contributed by atoms with E-state index in [9.17, 15) is 12.8 Å². The van der Waals surface area contributed by atoms with E-state index in [0.717, 1.165) is 5.56 Å². The van der Waals surface area contributed by atoms with Crippen LogP contribution >= 0.6 is 24.0 Å². The van der Waals surface area contributed by atoms with Crippen LogP contribution in [0.25, 0.3) is 0 Å². The summed E-state index contributed by atoms with van der Waals surface area (Å²) in [5.41, 5.74) is 0.927. The van der Waals surface area contributed by atoms with Crippen LogP contribution in [0.4, 0.5) is 4.39 Å². The largest absolute Gasteiger partial charge is 0.356 e. The van der Waals surface area contributed by atoms with Gasteiger partial charge < -0.3 is 10.6 Å². The van der Waals surface area contributed by atoms with Crippen LogP contribution in [0.5, 0.6) is 0 Å². The Kier molecular flexibility index (Phi) is 9.57. The number of nitrogens with one attached hydrogen (secondary N) is 2.